The van der Waals surface area contributed by atoms with E-state index in [1.54, 1.807) is 13.8 Å². The van der Waals surface area contributed by atoms with Crippen molar-refractivity contribution in [3.05, 3.63) is 24.0 Å². The molecule has 0 aliphatic rings. The molecule has 0 saturated heterocycles. The summed E-state index contributed by atoms with van der Waals surface area (Å²) in [5.74, 6) is -2.37. The molecule has 1 atom stereocenters. The van der Waals surface area contributed by atoms with Gasteiger partial charge >= 0.3 is 5.97 Å². The number of hydrogen-bond donors (Lipinski definition) is 3. The highest BCUT2D eigenvalue weighted by molar-refractivity contribution is 5.97. The summed E-state index contributed by atoms with van der Waals surface area (Å²) in [5.41, 5.74) is -0.181. The van der Waals surface area contributed by atoms with Gasteiger partial charge in [-0.3, -0.25) is 4.79 Å². The fraction of sp³-hybridized carbons (Fsp3) is 0.364. The third-order valence-electron chi connectivity index (χ3n) is 2.22. The lowest BCUT2D eigenvalue weighted by Crippen LogP contribution is -2.44. The third kappa shape index (κ3) is 3.17. The van der Waals surface area contributed by atoms with E-state index in [0.717, 1.165) is 0 Å². The molecule has 0 aliphatic carbocycles. The number of carboxylic acid groups (broad SMARTS) is 1. The Kier molecular flexibility index (Phi) is 4.03. The number of amides is 1. The Morgan fingerprint density at radius 3 is 2.53 bits per heavy atom. The summed E-state index contributed by atoms with van der Waals surface area (Å²) < 4.78 is 0. The minimum absolute atomic E-state index is 0.181. The summed E-state index contributed by atoms with van der Waals surface area (Å²) in [6.45, 7) is 3.36. The van der Waals surface area contributed by atoms with Gasteiger partial charge in [-0.1, -0.05) is 13.8 Å². The zero-order valence-corrected chi connectivity index (χ0v) is 9.54. The van der Waals surface area contributed by atoms with E-state index < -0.39 is 17.9 Å². The number of aromatic hydroxyl groups is 1. The van der Waals surface area contributed by atoms with Gasteiger partial charge in [-0.25, -0.2) is 9.78 Å². The molecule has 1 amide bonds. The molecule has 0 unspecified atom stereocenters. The van der Waals surface area contributed by atoms with Gasteiger partial charge in [0.25, 0.3) is 5.91 Å². The standard InChI is InChI=1S/C11H14N2O4/c1-6(2)8(11(16)17)13-10(15)9-7(14)4-3-5-12-9/h3-6,8,14H,1-2H3,(H,13,15)(H,16,17)/t8-/m1/s1. The monoisotopic (exact) mass is 238 g/mol. The van der Waals surface area contributed by atoms with Crippen molar-refractivity contribution < 1.29 is 19.8 Å². The van der Waals surface area contributed by atoms with Crippen LogP contribution in [0.3, 0.4) is 0 Å². The van der Waals surface area contributed by atoms with Crippen LogP contribution in [0.25, 0.3) is 0 Å². The Balaban J connectivity index is 2.85. The topological polar surface area (TPSA) is 99.5 Å². The molecule has 0 saturated carbocycles. The van der Waals surface area contributed by atoms with Gasteiger partial charge < -0.3 is 15.5 Å². The van der Waals surface area contributed by atoms with E-state index in [9.17, 15) is 14.7 Å². The van der Waals surface area contributed by atoms with Gasteiger partial charge in [0.15, 0.2) is 5.69 Å². The summed E-state index contributed by atoms with van der Waals surface area (Å²) >= 11 is 0. The van der Waals surface area contributed by atoms with Crippen molar-refractivity contribution >= 4 is 11.9 Å². The highest BCUT2D eigenvalue weighted by Gasteiger charge is 2.25. The summed E-state index contributed by atoms with van der Waals surface area (Å²) in [7, 11) is 0. The molecule has 3 N–H and O–H groups in total. The molecule has 17 heavy (non-hydrogen) atoms. The summed E-state index contributed by atoms with van der Waals surface area (Å²) in [4.78, 5) is 26.3. The lowest BCUT2D eigenvalue weighted by Gasteiger charge is -2.17. The van der Waals surface area contributed by atoms with Gasteiger partial charge in [0.1, 0.15) is 11.8 Å². The highest BCUT2D eigenvalue weighted by atomic mass is 16.4. The van der Waals surface area contributed by atoms with Crippen LogP contribution in [0.5, 0.6) is 5.75 Å². The number of nitrogens with one attached hydrogen (secondary N) is 1. The van der Waals surface area contributed by atoms with Crippen molar-refractivity contribution in [2.75, 3.05) is 0 Å². The molecule has 6 heteroatoms. The molecule has 6 nitrogen and oxygen atoms in total. The Hall–Kier alpha value is -2.11. The number of aromatic nitrogens is 1. The predicted octanol–water partition coefficient (Wildman–Crippen LogP) is 0.626. The van der Waals surface area contributed by atoms with Crippen molar-refractivity contribution in [3.63, 3.8) is 0 Å². The second-order valence-electron chi connectivity index (χ2n) is 3.90. The van der Waals surface area contributed by atoms with Crippen LogP contribution in [0, 0.1) is 5.92 Å². The van der Waals surface area contributed by atoms with E-state index in [1.165, 1.54) is 18.3 Å². The van der Waals surface area contributed by atoms with Crippen molar-refractivity contribution in [2.45, 2.75) is 19.9 Å². The van der Waals surface area contributed by atoms with Gasteiger partial charge in [0, 0.05) is 6.20 Å². The highest BCUT2D eigenvalue weighted by Crippen LogP contribution is 2.13. The number of aliphatic carboxylic acids is 1. The van der Waals surface area contributed by atoms with Crippen LogP contribution in [0.15, 0.2) is 18.3 Å². The van der Waals surface area contributed by atoms with E-state index >= 15 is 0 Å². The first-order valence-corrected chi connectivity index (χ1v) is 5.11. The quantitative estimate of drug-likeness (QED) is 0.714. The zero-order chi connectivity index (χ0) is 13.0. The van der Waals surface area contributed by atoms with Crippen LogP contribution in [-0.4, -0.2) is 33.1 Å². The average molecular weight is 238 g/mol. The lowest BCUT2D eigenvalue weighted by atomic mass is 10.0. The number of pyridine rings is 1. The zero-order valence-electron chi connectivity index (χ0n) is 9.54. The molecular formula is C11H14N2O4. The minimum atomic E-state index is -1.12. The third-order valence-corrected chi connectivity index (χ3v) is 2.22. The van der Waals surface area contributed by atoms with Crippen LogP contribution < -0.4 is 5.32 Å². The molecule has 1 aromatic heterocycles. The Morgan fingerprint density at radius 1 is 1.41 bits per heavy atom. The summed E-state index contributed by atoms with van der Waals surface area (Å²) in [5, 5.41) is 20.6. The number of carboxylic acids is 1. The van der Waals surface area contributed by atoms with Crippen molar-refractivity contribution in [1.29, 1.82) is 0 Å². The number of carbonyl (C=O) groups is 2. The number of nitrogens with zero attached hydrogens (tertiary/aromatic N) is 1. The molecule has 0 radical (unpaired) electrons. The van der Waals surface area contributed by atoms with E-state index in [-0.39, 0.29) is 17.4 Å². The van der Waals surface area contributed by atoms with Crippen molar-refractivity contribution in [2.24, 2.45) is 5.92 Å². The molecule has 1 rings (SSSR count). The second-order valence-corrected chi connectivity index (χ2v) is 3.90. The van der Waals surface area contributed by atoms with E-state index in [0.29, 0.717) is 0 Å². The normalized spacial score (nSPS) is 12.2. The molecule has 1 aromatic rings. The molecule has 0 aromatic carbocycles. The van der Waals surface area contributed by atoms with Crippen molar-refractivity contribution in [3.8, 4) is 5.75 Å². The molecule has 0 spiro atoms. The molecule has 0 aliphatic heterocycles. The first-order valence-electron chi connectivity index (χ1n) is 5.11. The molecular weight excluding hydrogens is 224 g/mol. The van der Waals surface area contributed by atoms with Crippen LogP contribution in [0.2, 0.25) is 0 Å². The van der Waals surface area contributed by atoms with Crippen LogP contribution in [0.1, 0.15) is 24.3 Å². The predicted molar refractivity (Wildman–Crippen MR) is 59.6 cm³/mol. The Bertz CT molecular complexity index is 431. The largest absolute Gasteiger partial charge is 0.505 e. The first-order chi connectivity index (χ1) is 7.93. The van der Waals surface area contributed by atoms with E-state index in [4.69, 9.17) is 5.11 Å². The maximum Gasteiger partial charge on any atom is 0.326 e. The van der Waals surface area contributed by atoms with Gasteiger partial charge in [-0.15, -0.1) is 0 Å². The molecule has 0 bridgehead atoms. The first kappa shape index (κ1) is 13.0. The summed E-state index contributed by atoms with van der Waals surface area (Å²) in [6, 6.07) is 1.78. The fourth-order valence-corrected chi connectivity index (χ4v) is 1.29. The lowest BCUT2D eigenvalue weighted by molar-refractivity contribution is -0.140. The fourth-order valence-electron chi connectivity index (χ4n) is 1.29. The summed E-state index contributed by atoms with van der Waals surface area (Å²) in [6.07, 6.45) is 1.35. The molecule has 0 fully saturated rings. The van der Waals surface area contributed by atoms with Crippen LogP contribution in [-0.2, 0) is 4.79 Å². The van der Waals surface area contributed by atoms with Gasteiger partial charge in [-0.2, -0.15) is 0 Å². The SMILES string of the molecule is CC(C)[C@@H](NC(=O)c1ncccc1O)C(=O)O. The number of rotatable bonds is 4. The molecule has 92 valence electrons. The van der Waals surface area contributed by atoms with Gasteiger partial charge in [0.2, 0.25) is 0 Å². The van der Waals surface area contributed by atoms with Crippen LogP contribution >= 0.6 is 0 Å². The van der Waals surface area contributed by atoms with Gasteiger partial charge in [0.05, 0.1) is 0 Å². The second kappa shape index (κ2) is 5.29. The Labute approximate surface area is 98.3 Å². The molecule has 1 heterocycles. The smallest absolute Gasteiger partial charge is 0.326 e. The maximum absolute atomic E-state index is 11.7. The Morgan fingerprint density at radius 2 is 2.06 bits per heavy atom. The number of hydrogen-bond acceptors (Lipinski definition) is 4. The van der Waals surface area contributed by atoms with E-state index in [2.05, 4.69) is 10.3 Å². The average Bonchev–Trinajstić information content (AvgIpc) is 2.25. The maximum atomic E-state index is 11.7. The van der Waals surface area contributed by atoms with E-state index in [1.807, 2.05) is 0 Å². The van der Waals surface area contributed by atoms with Crippen LogP contribution in [0.4, 0.5) is 0 Å². The van der Waals surface area contributed by atoms with Crippen molar-refractivity contribution in [1.82, 2.24) is 10.3 Å². The number of carbonyl (C=O) groups excluding carboxylic acids is 1. The minimum Gasteiger partial charge on any atom is -0.505 e. The van der Waals surface area contributed by atoms with Gasteiger partial charge in [-0.05, 0) is 18.1 Å².